The zero-order valence-corrected chi connectivity index (χ0v) is 13.0. The summed E-state index contributed by atoms with van der Waals surface area (Å²) < 4.78 is 5.58. The van der Waals surface area contributed by atoms with E-state index in [-0.39, 0.29) is 25.0 Å². The molecule has 0 aliphatic rings. The second-order valence-corrected chi connectivity index (χ2v) is 5.63. The number of aliphatic hydroxyl groups is 1. The van der Waals surface area contributed by atoms with Crippen LogP contribution in [0.5, 0.6) is 5.75 Å². The molecule has 1 aromatic rings. The minimum absolute atomic E-state index is 0.0322. The zero-order chi connectivity index (χ0) is 15.3. The van der Waals surface area contributed by atoms with Crippen LogP contribution in [-0.4, -0.2) is 30.3 Å². The number of hydrogen-bond acceptors (Lipinski definition) is 3. The molecule has 0 fully saturated rings. The van der Waals surface area contributed by atoms with Gasteiger partial charge in [-0.15, -0.1) is 0 Å². The van der Waals surface area contributed by atoms with Crippen molar-refractivity contribution in [2.24, 2.45) is 5.92 Å². The average Bonchev–Trinajstić information content (AvgIpc) is 2.34. The fourth-order valence-electron chi connectivity index (χ4n) is 2.04. The molecule has 0 saturated heterocycles. The number of carbonyl (C=O) groups excluding carboxylic acids is 1. The molecule has 0 bridgehead atoms. The molecule has 0 aromatic heterocycles. The van der Waals surface area contributed by atoms with E-state index in [9.17, 15) is 9.90 Å². The first kappa shape index (κ1) is 16.5. The largest absolute Gasteiger partial charge is 0.483 e. The van der Waals surface area contributed by atoms with Gasteiger partial charge in [0, 0.05) is 6.54 Å². The topological polar surface area (TPSA) is 58.6 Å². The van der Waals surface area contributed by atoms with Crippen LogP contribution < -0.4 is 10.1 Å². The van der Waals surface area contributed by atoms with E-state index in [1.807, 2.05) is 46.8 Å². The molecule has 0 saturated carbocycles. The summed E-state index contributed by atoms with van der Waals surface area (Å²) in [5.41, 5.74) is 3.23. The maximum absolute atomic E-state index is 11.7. The van der Waals surface area contributed by atoms with E-state index >= 15 is 0 Å². The molecule has 0 aliphatic carbocycles. The summed E-state index contributed by atoms with van der Waals surface area (Å²) in [6, 6.07) is 4.06. The third-order valence-electron chi connectivity index (χ3n) is 3.23. The Kier molecular flexibility index (Phi) is 6.02. The Hall–Kier alpha value is -1.55. The van der Waals surface area contributed by atoms with Gasteiger partial charge in [-0.1, -0.05) is 31.5 Å². The molecular formula is C16H25NO3. The third-order valence-corrected chi connectivity index (χ3v) is 3.23. The highest BCUT2D eigenvalue weighted by molar-refractivity contribution is 5.77. The minimum Gasteiger partial charge on any atom is -0.483 e. The van der Waals surface area contributed by atoms with Gasteiger partial charge in [0.2, 0.25) is 0 Å². The molecule has 112 valence electrons. The predicted molar refractivity (Wildman–Crippen MR) is 80.0 cm³/mol. The van der Waals surface area contributed by atoms with Gasteiger partial charge in [0.15, 0.2) is 6.61 Å². The summed E-state index contributed by atoms with van der Waals surface area (Å²) in [4.78, 5) is 11.7. The van der Waals surface area contributed by atoms with Crippen LogP contribution in [0.4, 0.5) is 0 Å². The Morgan fingerprint density at radius 3 is 2.30 bits per heavy atom. The van der Waals surface area contributed by atoms with Crippen LogP contribution >= 0.6 is 0 Å². The van der Waals surface area contributed by atoms with E-state index in [1.54, 1.807) is 0 Å². The number of amides is 1. The summed E-state index contributed by atoms with van der Waals surface area (Å²) >= 11 is 0. The fourth-order valence-corrected chi connectivity index (χ4v) is 2.04. The van der Waals surface area contributed by atoms with Crippen molar-refractivity contribution < 1.29 is 14.6 Å². The highest BCUT2D eigenvalue weighted by Crippen LogP contribution is 2.24. The van der Waals surface area contributed by atoms with E-state index in [1.165, 1.54) is 5.56 Å². The molecular weight excluding hydrogens is 254 g/mol. The van der Waals surface area contributed by atoms with Crippen LogP contribution in [0.1, 0.15) is 30.5 Å². The van der Waals surface area contributed by atoms with E-state index in [2.05, 4.69) is 5.32 Å². The number of carbonyl (C=O) groups is 1. The van der Waals surface area contributed by atoms with Crippen molar-refractivity contribution in [1.29, 1.82) is 0 Å². The number of nitrogens with one attached hydrogen (secondary N) is 1. The molecule has 1 atom stereocenters. The van der Waals surface area contributed by atoms with Gasteiger partial charge in [0.25, 0.3) is 5.91 Å². The lowest BCUT2D eigenvalue weighted by molar-refractivity contribution is -0.123. The van der Waals surface area contributed by atoms with Crippen molar-refractivity contribution in [3.8, 4) is 5.75 Å². The highest BCUT2D eigenvalue weighted by atomic mass is 16.5. The van der Waals surface area contributed by atoms with E-state index < -0.39 is 6.10 Å². The first-order chi connectivity index (χ1) is 9.31. The molecule has 0 radical (unpaired) electrons. The van der Waals surface area contributed by atoms with E-state index in [0.29, 0.717) is 0 Å². The lowest BCUT2D eigenvalue weighted by Crippen LogP contribution is -2.37. The van der Waals surface area contributed by atoms with Crippen molar-refractivity contribution in [2.75, 3.05) is 13.2 Å². The summed E-state index contributed by atoms with van der Waals surface area (Å²) in [5, 5.41) is 12.3. The van der Waals surface area contributed by atoms with Gasteiger partial charge < -0.3 is 15.2 Å². The average molecular weight is 279 g/mol. The second-order valence-electron chi connectivity index (χ2n) is 5.63. The summed E-state index contributed by atoms with van der Waals surface area (Å²) in [6.45, 7) is 10.0. The van der Waals surface area contributed by atoms with E-state index in [4.69, 9.17) is 4.74 Å². The molecule has 0 aliphatic heterocycles. The van der Waals surface area contributed by atoms with Crippen molar-refractivity contribution in [3.05, 3.63) is 28.8 Å². The Labute approximate surface area is 121 Å². The summed E-state index contributed by atoms with van der Waals surface area (Å²) in [5.74, 6) is 0.664. The third kappa shape index (κ3) is 4.85. The number of aliphatic hydroxyl groups excluding tert-OH is 1. The van der Waals surface area contributed by atoms with Crippen molar-refractivity contribution in [2.45, 2.75) is 40.7 Å². The van der Waals surface area contributed by atoms with Gasteiger partial charge in [-0.05, 0) is 37.8 Å². The molecule has 0 heterocycles. The summed E-state index contributed by atoms with van der Waals surface area (Å²) in [7, 11) is 0. The van der Waals surface area contributed by atoms with E-state index in [0.717, 1.165) is 16.9 Å². The number of benzene rings is 1. The van der Waals surface area contributed by atoms with Gasteiger partial charge in [-0.2, -0.15) is 0 Å². The molecule has 1 amide bonds. The fraction of sp³-hybridized carbons (Fsp3) is 0.562. The van der Waals surface area contributed by atoms with Crippen molar-refractivity contribution in [1.82, 2.24) is 5.32 Å². The Morgan fingerprint density at radius 2 is 1.80 bits per heavy atom. The SMILES string of the molecule is Cc1cc(C)c(OCC(=O)NCC(O)C(C)C)c(C)c1. The first-order valence-corrected chi connectivity index (χ1v) is 6.96. The highest BCUT2D eigenvalue weighted by Gasteiger charge is 2.12. The number of ether oxygens (including phenoxy) is 1. The maximum atomic E-state index is 11.7. The zero-order valence-electron chi connectivity index (χ0n) is 13.0. The lowest BCUT2D eigenvalue weighted by atomic mass is 10.1. The quantitative estimate of drug-likeness (QED) is 0.838. The van der Waals surface area contributed by atoms with Crippen LogP contribution in [0, 0.1) is 26.7 Å². The van der Waals surface area contributed by atoms with Gasteiger partial charge in [-0.25, -0.2) is 0 Å². The standard InChI is InChI=1S/C16H25NO3/c1-10(2)14(18)8-17-15(19)9-20-16-12(4)6-11(3)7-13(16)5/h6-7,10,14,18H,8-9H2,1-5H3,(H,17,19). The van der Waals surface area contributed by atoms with Crippen LogP contribution in [0.2, 0.25) is 0 Å². The smallest absolute Gasteiger partial charge is 0.258 e. The van der Waals surface area contributed by atoms with Crippen LogP contribution in [0.3, 0.4) is 0 Å². The first-order valence-electron chi connectivity index (χ1n) is 6.96. The molecule has 20 heavy (non-hydrogen) atoms. The molecule has 4 nitrogen and oxygen atoms in total. The molecule has 1 aromatic carbocycles. The van der Waals surface area contributed by atoms with Crippen LogP contribution in [-0.2, 0) is 4.79 Å². The monoisotopic (exact) mass is 279 g/mol. The van der Waals surface area contributed by atoms with Crippen molar-refractivity contribution in [3.63, 3.8) is 0 Å². The van der Waals surface area contributed by atoms with Gasteiger partial charge in [0.05, 0.1) is 6.10 Å². The predicted octanol–water partition coefficient (Wildman–Crippen LogP) is 2.12. The molecule has 1 rings (SSSR count). The van der Waals surface area contributed by atoms with Gasteiger partial charge in [0.1, 0.15) is 5.75 Å². The molecule has 4 heteroatoms. The number of rotatable bonds is 6. The van der Waals surface area contributed by atoms with Gasteiger partial charge >= 0.3 is 0 Å². The number of hydrogen-bond donors (Lipinski definition) is 2. The normalized spacial score (nSPS) is 12.3. The van der Waals surface area contributed by atoms with Gasteiger partial charge in [-0.3, -0.25) is 4.79 Å². The molecule has 1 unspecified atom stereocenters. The molecule has 0 spiro atoms. The minimum atomic E-state index is -0.526. The molecule has 2 N–H and O–H groups in total. The van der Waals surface area contributed by atoms with Crippen molar-refractivity contribution >= 4 is 5.91 Å². The Bertz CT molecular complexity index is 446. The Morgan fingerprint density at radius 1 is 1.25 bits per heavy atom. The maximum Gasteiger partial charge on any atom is 0.258 e. The van der Waals surface area contributed by atoms with Crippen LogP contribution in [0.25, 0.3) is 0 Å². The number of aryl methyl sites for hydroxylation is 3. The second kappa shape index (κ2) is 7.29. The lowest BCUT2D eigenvalue weighted by Gasteiger charge is -2.16. The Balaban J connectivity index is 2.50. The van der Waals surface area contributed by atoms with Crippen LogP contribution in [0.15, 0.2) is 12.1 Å². The summed E-state index contributed by atoms with van der Waals surface area (Å²) in [6.07, 6.45) is -0.526.